The second-order valence-corrected chi connectivity index (χ2v) is 7.76. The summed E-state index contributed by atoms with van der Waals surface area (Å²) in [4.78, 5) is 31.6. The number of hydrogen-bond donors (Lipinski definition) is 4. The van der Waals surface area contributed by atoms with Crippen LogP contribution in [-0.4, -0.2) is 32.8 Å². The van der Waals surface area contributed by atoms with Gasteiger partial charge in [0.1, 0.15) is 15.6 Å². The molecule has 0 aromatic carbocycles. The Bertz CT molecular complexity index is 815. The minimum atomic E-state index is -0.887. The molecule has 0 spiro atoms. The van der Waals surface area contributed by atoms with Crippen molar-refractivity contribution in [1.29, 1.82) is 0 Å². The third-order valence-electron chi connectivity index (χ3n) is 3.60. The molecule has 0 saturated heterocycles. The number of nitrogens with one attached hydrogen (secondary N) is 2. The van der Waals surface area contributed by atoms with Gasteiger partial charge in [0, 0.05) is 16.7 Å². The molecule has 23 heavy (non-hydrogen) atoms. The Labute approximate surface area is 140 Å². The molecule has 2 aromatic rings. The van der Waals surface area contributed by atoms with Gasteiger partial charge in [-0.15, -0.1) is 23.1 Å². The number of anilines is 2. The highest BCUT2D eigenvalue weighted by Crippen LogP contribution is 2.34. The van der Waals surface area contributed by atoms with Gasteiger partial charge in [-0.1, -0.05) is 0 Å². The Morgan fingerprint density at radius 3 is 3.04 bits per heavy atom. The average Bonchev–Trinajstić information content (AvgIpc) is 2.87. The second-order valence-electron chi connectivity index (χ2n) is 5.31. The van der Waals surface area contributed by atoms with Gasteiger partial charge in [-0.05, 0) is 31.4 Å². The van der Waals surface area contributed by atoms with Crippen LogP contribution < -0.4 is 16.6 Å². The van der Waals surface area contributed by atoms with Crippen LogP contribution in [-0.2, 0) is 6.42 Å². The van der Waals surface area contributed by atoms with E-state index in [0.29, 0.717) is 22.1 Å². The molecule has 0 bridgehead atoms. The van der Waals surface area contributed by atoms with Gasteiger partial charge in [-0.3, -0.25) is 9.78 Å². The van der Waals surface area contributed by atoms with Crippen molar-refractivity contribution in [2.45, 2.75) is 29.9 Å². The molecule has 1 aliphatic heterocycles. The van der Waals surface area contributed by atoms with Crippen molar-refractivity contribution in [3.05, 3.63) is 31.7 Å². The minimum absolute atomic E-state index is 0.107. The van der Waals surface area contributed by atoms with Crippen LogP contribution in [0.15, 0.2) is 15.8 Å². The van der Waals surface area contributed by atoms with Gasteiger partial charge in [0.25, 0.3) is 5.56 Å². The lowest BCUT2D eigenvalue weighted by Crippen LogP contribution is -2.28. The molecular formula is C14H16N4O3S2. The Morgan fingerprint density at radius 2 is 2.35 bits per heavy atom. The van der Waals surface area contributed by atoms with E-state index < -0.39 is 5.97 Å². The first-order chi connectivity index (χ1) is 10.9. The molecule has 0 saturated carbocycles. The van der Waals surface area contributed by atoms with Crippen LogP contribution in [0.2, 0.25) is 0 Å². The van der Waals surface area contributed by atoms with E-state index >= 15 is 0 Å². The lowest BCUT2D eigenvalue weighted by Gasteiger charge is -2.24. The Balaban J connectivity index is 1.68. The maximum absolute atomic E-state index is 11.9. The van der Waals surface area contributed by atoms with Crippen molar-refractivity contribution >= 4 is 40.8 Å². The van der Waals surface area contributed by atoms with Crippen molar-refractivity contribution in [2.75, 3.05) is 17.6 Å². The van der Waals surface area contributed by atoms with E-state index in [2.05, 4.69) is 15.3 Å². The molecular weight excluding hydrogens is 336 g/mol. The molecule has 0 unspecified atom stereocenters. The SMILES string of the molecule is Cc1cc(C(=O)O)sc1CC[C@@H]1CNc2nc(N)[nH]c(=O)c2S1. The molecule has 9 heteroatoms. The van der Waals surface area contributed by atoms with Gasteiger partial charge >= 0.3 is 5.97 Å². The molecule has 3 rings (SSSR count). The van der Waals surface area contributed by atoms with E-state index in [1.165, 1.54) is 23.1 Å². The predicted molar refractivity (Wildman–Crippen MR) is 91.7 cm³/mol. The van der Waals surface area contributed by atoms with E-state index in [9.17, 15) is 9.59 Å². The summed E-state index contributed by atoms with van der Waals surface area (Å²) in [6.07, 6.45) is 1.64. The summed E-state index contributed by atoms with van der Waals surface area (Å²) in [6.45, 7) is 2.63. The summed E-state index contributed by atoms with van der Waals surface area (Å²) in [5.74, 6) is -0.245. The van der Waals surface area contributed by atoms with Crippen LogP contribution in [0, 0.1) is 6.92 Å². The van der Waals surface area contributed by atoms with Gasteiger partial charge in [0.2, 0.25) is 5.95 Å². The van der Waals surface area contributed by atoms with Crippen molar-refractivity contribution in [3.63, 3.8) is 0 Å². The number of rotatable bonds is 4. The highest BCUT2D eigenvalue weighted by molar-refractivity contribution is 8.00. The maximum atomic E-state index is 11.9. The third kappa shape index (κ3) is 3.35. The van der Waals surface area contributed by atoms with Crippen molar-refractivity contribution in [2.24, 2.45) is 0 Å². The molecule has 3 heterocycles. The van der Waals surface area contributed by atoms with Gasteiger partial charge in [-0.2, -0.15) is 4.98 Å². The summed E-state index contributed by atoms with van der Waals surface area (Å²) in [7, 11) is 0. The van der Waals surface area contributed by atoms with Crippen LogP contribution >= 0.6 is 23.1 Å². The van der Waals surface area contributed by atoms with Gasteiger partial charge in [0.05, 0.1) is 0 Å². The van der Waals surface area contributed by atoms with Gasteiger partial charge < -0.3 is 16.2 Å². The number of aromatic amines is 1. The fourth-order valence-electron chi connectivity index (χ4n) is 2.45. The fourth-order valence-corrected chi connectivity index (χ4v) is 4.61. The first kappa shape index (κ1) is 15.9. The number of hydrogen-bond acceptors (Lipinski definition) is 7. The van der Waals surface area contributed by atoms with Crippen LogP contribution in [0.1, 0.15) is 26.5 Å². The molecule has 1 aliphatic rings. The van der Waals surface area contributed by atoms with E-state index in [-0.39, 0.29) is 16.8 Å². The molecule has 0 aliphatic carbocycles. The Morgan fingerprint density at radius 1 is 1.57 bits per heavy atom. The standard InChI is InChI=1S/C14H16N4O3S2/c1-6-4-9(13(20)21)23-8(6)3-2-7-5-16-11-10(22-7)12(19)18-14(15)17-11/h4,7H,2-3,5H2,1H3,(H,20,21)(H4,15,16,17,18,19)/t7-/m1/s1. The quantitative estimate of drug-likeness (QED) is 0.663. The number of fused-ring (bicyclic) bond motifs is 1. The summed E-state index contributed by atoms with van der Waals surface area (Å²) in [5, 5.41) is 12.4. The lowest BCUT2D eigenvalue weighted by molar-refractivity contribution is 0.0702. The van der Waals surface area contributed by atoms with Gasteiger partial charge in [-0.25, -0.2) is 4.79 Å². The van der Waals surface area contributed by atoms with Crippen LogP contribution in [0.5, 0.6) is 0 Å². The zero-order valence-corrected chi connectivity index (χ0v) is 14.0. The molecule has 7 nitrogen and oxygen atoms in total. The van der Waals surface area contributed by atoms with Crippen molar-refractivity contribution in [1.82, 2.24) is 9.97 Å². The molecule has 0 amide bonds. The number of H-pyrrole nitrogens is 1. The van der Waals surface area contributed by atoms with Crippen LogP contribution in [0.4, 0.5) is 11.8 Å². The largest absolute Gasteiger partial charge is 0.477 e. The smallest absolute Gasteiger partial charge is 0.345 e. The normalized spacial score (nSPS) is 16.7. The number of nitrogen functional groups attached to an aromatic ring is 1. The fraction of sp³-hybridized carbons (Fsp3) is 0.357. The summed E-state index contributed by atoms with van der Waals surface area (Å²) < 4.78 is 0. The molecule has 2 aromatic heterocycles. The van der Waals surface area contributed by atoms with E-state index in [0.717, 1.165) is 23.3 Å². The first-order valence-electron chi connectivity index (χ1n) is 7.07. The van der Waals surface area contributed by atoms with Crippen molar-refractivity contribution in [3.8, 4) is 0 Å². The van der Waals surface area contributed by atoms with Gasteiger partial charge in [0.15, 0.2) is 0 Å². The molecule has 5 N–H and O–H groups in total. The number of thiophene rings is 1. The highest BCUT2D eigenvalue weighted by Gasteiger charge is 2.23. The number of thioether (sulfide) groups is 1. The average molecular weight is 352 g/mol. The third-order valence-corrected chi connectivity index (χ3v) is 6.24. The highest BCUT2D eigenvalue weighted by atomic mass is 32.2. The summed E-state index contributed by atoms with van der Waals surface area (Å²) in [6, 6.07) is 1.71. The number of nitrogens with two attached hydrogens (primary N) is 1. The number of carboxylic acid groups (broad SMARTS) is 1. The molecule has 0 radical (unpaired) electrons. The lowest BCUT2D eigenvalue weighted by atomic mass is 10.1. The zero-order valence-electron chi connectivity index (χ0n) is 12.4. The summed E-state index contributed by atoms with van der Waals surface area (Å²) >= 11 is 2.82. The van der Waals surface area contributed by atoms with E-state index in [4.69, 9.17) is 10.8 Å². The van der Waals surface area contributed by atoms with E-state index in [1.54, 1.807) is 6.07 Å². The predicted octanol–water partition coefficient (Wildman–Crippen LogP) is 1.94. The Hall–Kier alpha value is -2.00. The number of nitrogens with zero attached hydrogens (tertiary/aromatic N) is 1. The number of aromatic carboxylic acids is 1. The number of carbonyl (C=O) groups is 1. The second kappa shape index (κ2) is 6.25. The minimum Gasteiger partial charge on any atom is -0.477 e. The molecule has 1 atom stereocenters. The van der Waals surface area contributed by atoms with Crippen LogP contribution in [0.3, 0.4) is 0 Å². The maximum Gasteiger partial charge on any atom is 0.345 e. The first-order valence-corrected chi connectivity index (χ1v) is 8.76. The van der Waals surface area contributed by atoms with Crippen LogP contribution in [0.25, 0.3) is 0 Å². The number of aryl methyl sites for hydroxylation is 2. The van der Waals surface area contributed by atoms with E-state index in [1.807, 2.05) is 6.92 Å². The monoisotopic (exact) mass is 352 g/mol. The zero-order chi connectivity index (χ0) is 16.6. The molecule has 0 fully saturated rings. The molecule has 122 valence electrons. The number of aromatic nitrogens is 2. The van der Waals surface area contributed by atoms with Crippen molar-refractivity contribution < 1.29 is 9.90 Å². The number of carboxylic acids is 1. The topological polar surface area (TPSA) is 121 Å². The summed E-state index contributed by atoms with van der Waals surface area (Å²) in [5.41, 5.74) is 6.31. The Kier molecular flexibility index (Phi) is 4.31.